The van der Waals surface area contributed by atoms with Crippen LogP contribution < -0.4 is 0 Å². The van der Waals surface area contributed by atoms with E-state index >= 15 is 0 Å². The van der Waals surface area contributed by atoms with Crippen LogP contribution in [0.15, 0.2) is 48.5 Å². The van der Waals surface area contributed by atoms with Crippen molar-refractivity contribution in [2.75, 3.05) is 0 Å². The second-order valence-electron chi connectivity index (χ2n) is 8.75. The molecular formula is C26H30Cl2O2. The zero-order chi connectivity index (χ0) is 21.7. The van der Waals surface area contributed by atoms with Gasteiger partial charge in [-0.25, -0.2) is 0 Å². The lowest BCUT2D eigenvalue weighted by Crippen LogP contribution is -2.40. The predicted molar refractivity (Wildman–Crippen MR) is 124 cm³/mol. The Morgan fingerprint density at radius 3 is 2.43 bits per heavy atom. The van der Waals surface area contributed by atoms with E-state index in [4.69, 9.17) is 23.2 Å². The van der Waals surface area contributed by atoms with Gasteiger partial charge in [-0.15, -0.1) is 0 Å². The lowest BCUT2D eigenvalue weighted by molar-refractivity contribution is -0.134. The molecule has 0 radical (unpaired) electrons. The van der Waals surface area contributed by atoms with E-state index in [0.717, 1.165) is 37.7 Å². The van der Waals surface area contributed by atoms with Gasteiger partial charge in [-0.3, -0.25) is 9.59 Å². The predicted octanol–water partition coefficient (Wildman–Crippen LogP) is 7.14. The molecule has 30 heavy (non-hydrogen) atoms. The quantitative estimate of drug-likeness (QED) is 0.433. The molecule has 1 fully saturated rings. The molecule has 1 unspecified atom stereocenters. The first-order valence-corrected chi connectivity index (χ1v) is 11.6. The van der Waals surface area contributed by atoms with Crippen LogP contribution in [0.5, 0.6) is 0 Å². The van der Waals surface area contributed by atoms with Crippen molar-refractivity contribution < 1.29 is 9.59 Å². The van der Waals surface area contributed by atoms with Crippen LogP contribution >= 0.6 is 23.2 Å². The second-order valence-corrected chi connectivity index (χ2v) is 9.57. The van der Waals surface area contributed by atoms with Gasteiger partial charge in [0.1, 0.15) is 11.6 Å². The van der Waals surface area contributed by atoms with E-state index in [-0.39, 0.29) is 17.6 Å². The first-order chi connectivity index (χ1) is 14.3. The maximum absolute atomic E-state index is 13.5. The Bertz CT molecular complexity index is 893. The number of hydrogen-bond donors (Lipinski definition) is 0. The van der Waals surface area contributed by atoms with E-state index in [1.54, 1.807) is 13.0 Å². The minimum absolute atomic E-state index is 0.0564. The zero-order valence-corrected chi connectivity index (χ0v) is 19.3. The van der Waals surface area contributed by atoms with Crippen LogP contribution in [-0.4, -0.2) is 11.6 Å². The number of ketones is 2. The van der Waals surface area contributed by atoms with E-state index in [9.17, 15) is 9.59 Å². The van der Waals surface area contributed by atoms with E-state index in [1.807, 2.05) is 30.3 Å². The molecule has 4 heteroatoms. The van der Waals surface area contributed by atoms with Gasteiger partial charge in [0, 0.05) is 17.3 Å². The molecule has 1 aliphatic carbocycles. The molecule has 0 bridgehead atoms. The number of halogens is 2. The van der Waals surface area contributed by atoms with Crippen molar-refractivity contribution in [2.45, 2.75) is 58.8 Å². The molecule has 0 aromatic heterocycles. The van der Waals surface area contributed by atoms with Gasteiger partial charge in [-0.2, -0.15) is 0 Å². The monoisotopic (exact) mass is 444 g/mol. The van der Waals surface area contributed by atoms with Crippen molar-refractivity contribution in [3.63, 3.8) is 0 Å². The normalized spacial score (nSPS) is 22.5. The van der Waals surface area contributed by atoms with Crippen molar-refractivity contribution >= 4 is 34.8 Å². The maximum atomic E-state index is 13.5. The highest BCUT2D eigenvalue weighted by molar-refractivity contribution is 6.42. The number of carbonyl (C=O) groups is 2. The average molecular weight is 445 g/mol. The van der Waals surface area contributed by atoms with Crippen LogP contribution in [0, 0.1) is 17.3 Å². The molecule has 1 aliphatic rings. The number of carbonyl (C=O) groups excluding carboxylic acids is 2. The molecule has 160 valence electrons. The Hall–Kier alpha value is -1.64. The van der Waals surface area contributed by atoms with Gasteiger partial charge in [0.05, 0.1) is 10.0 Å². The summed E-state index contributed by atoms with van der Waals surface area (Å²) in [5.41, 5.74) is 1.77. The first kappa shape index (κ1) is 23.0. The molecule has 0 aliphatic heterocycles. The number of rotatable bonds is 8. The zero-order valence-electron chi connectivity index (χ0n) is 17.8. The van der Waals surface area contributed by atoms with Crippen molar-refractivity contribution in [3.8, 4) is 0 Å². The van der Waals surface area contributed by atoms with E-state index < -0.39 is 5.41 Å². The van der Waals surface area contributed by atoms with Crippen LogP contribution in [-0.2, 0) is 22.4 Å². The summed E-state index contributed by atoms with van der Waals surface area (Å²) in [7, 11) is 0. The Kier molecular flexibility index (Phi) is 7.76. The molecule has 3 atom stereocenters. The Morgan fingerprint density at radius 2 is 1.80 bits per heavy atom. The fraction of sp³-hybridized carbons (Fsp3) is 0.462. The van der Waals surface area contributed by atoms with Crippen molar-refractivity contribution in [2.24, 2.45) is 17.3 Å². The van der Waals surface area contributed by atoms with Crippen molar-refractivity contribution in [1.29, 1.82) is 0 Å². The van der Waals surface area contributed by atoms with Gasteiger partial charge < -0.3 is 0 Å². The van der Waals surface area contributed by atoms with E-state index in [2.05, 4.69) is 19.1 Å². The van der Waals surface area contributed by atoms with Crippen molar-refractivity contribution in [1.82, 2.24) is 0 Å². The lowest BCUT2D eigenvalue weighted by atomic mass is 9.62. The first-order valence-electron chi connectivity index (χ1n) is 10.9. The molecule has 2 aromatic carbocycles. The largest absolute Gasteiger partial charge is 0.299 e. The SMILES string of the molecule is CC[C@H](Cc1ccc(Cl)c(Cl)c1)C(=O)C1CCC[C@@](Cc2ccccc2)(C(C)=O)C1. The smallest absolute Gasteiger partial charge is 0.139 e. The van der Waals surface area contributed by atoms with Gasteiger partial charge >= 0.3 is 0 Å². The molecule has 0 amide bonds. The van der Waals surface area contributed by atoms with Gasteiger partial charge in [0.2, 0.25) is 0 Å². The molecule has 2 aromatic rings. The Balaban J connectivity index is 1.76. The Morgan fingerprint density at radius 1 is 1.07 bits per heavy atom. The number of hydrogen-bond acceptors (Lipinski definition) is 2. The topological polar surface area (TPSA) is 34.1 Å². The highest BCUT2D eigenvalue weighted by Gasteiger charge is 2.43. The van der Waals surface area contributed by atoms with Crippen LogP contribution in [0.4, 0.5) is 0 Å². The standard InChI is InChI=1S/C26H30Cl2O2/c1-3-21(14-20-11-12-23(27)24(28)15-20)25(30)22-10-7-13-26(17-22,18(2)29)16-19-8-5-4-6-9-19/h4-6,8-9,11-12,15,21-22H,3,7,10,13-14,16-17H2,1-2H3/t21-,22?,26+/m1/s1. The van der Waals surface area contributed by atoms with Gasteiger partial charge in [-0.05, 0) is 68.7 Å². The Labute approximate surface area is 190 Å². The molecular weight excluding hydrogens is 415 g/mol. The van der Waals surface area contributed by atoms with Crippen molar-refractivity contribution in [3.05, 3.63) is 69.7 Å². The number of Topliss-reactive ketones (excluding diaryl/α,β-unsaturated/α-hetero) is 2. The molecule has 0 N–H and O–H groups in total. The molecule has 3 rings (SSSR count). The minimum atomic E-state index is -0.429. The molecule has 0 saturated heterocycles. The maximum Gasteiger partial charge on any atom is 0.139 e. The summed E-state index contributed by atoms with van der Waals surface area (Å²) in [6.45, 7) is 3.76. The van der Waals surface area contributed by atoms with Crippen LogP contribution in [0.25, 0.3) is 0 Å². The second kappa shape index (κ2) is 10.1. The van der Waals surface area contributed by atoms with Gasteiger partial charge in [0.25, 0.3) is 0 Å². The summed E-state index contributed by atoms with van der Waals surface area (Å²) in [6.07, 6.45) is 5.48. The number of benzene rings is 2. The van der Waals surface area contributed by atoms with E-state index in [1.165, 1.54) is 5.56 Å². The third-order valence-corrected chi connectivity index (χ3v) is 7.48. The fourth-order valence-electron chi connectivity index (χ4n) is 4.93. The summed E-state index contributed by atoms with van der Waals surface area (Å²) in [6, 6.07) is 15.8. The van der Waals surface area contributed by atoms with Crippen LogP contribution in [0.2, 0.25) is 10.0 Å². The summed E-state index contributed by atoms with van der Waals surface area (Å²) in [4.78, 5) is 26.2. The fourth-order valence-corrected chi connectivity index (χ4v) is 5.25. The highest BCUT2D eigenvalue weighted by Crippen LogP contribution is 2.44. The van der Waals surface area contributed by atoms with Crippen LogP contribution in [0.3, 0.4) is 0 Å². The van der Waals surface area contributed by atoms with Crippen LogP contribution in [0.1, 0.15) is 57.1 Å². The summed E-state index contributed by atoms with van der Waals surface area (Å²) < 4.78 is 0. The molecule has 2 nitrogen and oxygen atoms in total. The molecule has 0 heterocycles. The summed E-state index contributed by atoms with van der Waals surface area (Å²) in [5.74, 6) is 0.383. The third kappa shape index (κ3) is 5.34. The third-order valence-electron chi connectivity index (χ3n) is 6.74. The van der Waals surface area contributed by atoms with Gasteiger partial charge in [0.15, 0.2) is 0 Å². The highest BCUT2D eigenvalue weighted by atomic mass is 35.5. The summed E-state index contributed by atoms with van der Waals surface area (Å²) in [5, 5.41) is 1.05. The summed E-state index contributed by atoms with van der Waals surface area (Å²) >= 11 is 12.2. The lowest BCUT2D eigenvalue weighted by Gasteiger charge is -2.40. The average Bonchev–Trinajstić information content (AvgIpc) is 2.74. The molecule has 0 spiro atoms. The van der Waals surface area contributed by atoms with Gasteiger partial charge in [-0.1, -0.05) is 72.9 Å². The minimum Gasteiger partial charge on any atom is -0.299 e. The molecule has 1 saturated carbocycles. The van der Waals surface area contributed by atoms with E-state index in [0.29, 0.717) is 28.7 Å².